The Kier molecular flexibility index (Phi) is 12.4. The molecule has 11 nitrogen and oxygen atoms in total. The van der Waals surface area contributed by atoms with Crippen LogP contribution >= 0.6 is 0 Å². The fourth-order valence-corrected chi connectivity index (χ4v) is 2.14. The molecule has 0 aliphatic rings. The molecule has 0 radical (unpaired) electrons. The zero-order chi connectivity index (χ0) is 18.4. The molecule has 0 bridgehead atoms. The van der Waals surface area contributed by atoms with E-state index in [2.05, 4.69) is 13.6 Å². The number of rotatable bonds is 5. The first kappa shape index (κ1) is 28.0. The Morgan fingerprint density at radius 2 is 1.26 bits per heavy atom. The van der Waals surface area contributed by atoms with Crippen molar-refractivity contribution in [2.75, 3.05) is 0 Å². The summed E-state index contributed by atoms with van der Waals surface area (Å²) in [7, 11) is -10.0. The van der Waals surface area contributed by atoms with Crippen LogP contribution in [0.1, 0.15) is 41.0 Å². The van der Waals surface area contributed by atoms with Gasteiger partial charge in [-0.2, -0.15) is 16.8 Å². The van der Waals surface area contributed by atoms with Crippen LogP contribution in [-0.2, 0) is 39.1 Å². The van der Waals surface area contributed by atoms with Gasteiger partial charge in [-0.3, -0.25) is 13.9 Å². The summed E-state index contributed by atoms with van der Waals surface area (Å²) in [5.41, 5.74) is -0.655. The maximum absolute atomic E-state index is 11.0. The van der Waals surface area contributed by atoms with Crippen LogP contribution in [0, 0.1) is 10.8 Å². The van der Waals surface area contributed by atoms with Crippen LogP contribution in [0.25, 0.3) is 0 Å². The molecular formula is C9H19NaO11S2. The molecular weight excluding hydrogens is 371 g/mol. The normalized spacial score (nSPS) is 12.5. The third-order valence-electron chi connectivity index (χ3n) is 1.80. The van der Waals surface area contributed by atoms with Crippen molar-refractivity contribution in [3.63, 3.8) is 0 Å². The van der Waals surface area contributed by atoms with Crippen molar-refractivity contribution >= 4 is 26.8 Å². The molecule has 14 heteroatoms. The van der Waals surface area contributed by atoms with Crippen molar-refractivity contribution in [1.29, 1.82) is 0 Å². The number of carbonyl (C=O) groups excluding carboxylic acids is 1. The van der Waals surface area contributed by atoms with Gasteiger partial charge in [0.25, 0.3) is 0 Å². The smallest absolute Gasteiger partial charge is 0.662 e. The van der Waals surface area contributed by atoms with E-state index in [1.54, 1.807) is 13.8 Å². The van der Waals surface area contributed by atoms with E-state index >= 15 is 0 Å². The van der Waals surface area contributed by atoms with Gasteiger partial charge in [0, 0.05) is 0 Å². The van der Waals surface area contributed by atoms with Gasteiger partial charge in [0.2, 0.25) is 0 Å². The quantitative estimate of drug-likeness (QED) is 0.209. The van der Waals surface area contributed by atoms with Gasteiger partial charge in [-0.05, 0) is 25.7 Å². The first-order valence-corrected chi connectivity index (χ1v) is 8.29. The Morgan fingerprint density at radius 3 is 1.43 bits per heavy atom. The molecule has 0 rings (SSSR count). The Hall–Kier alpha value is 0.170. The summed E-state index contributed by atoms with van der Waals surface area (Å²) in [6, 6.07) is 0. The zero-order valence-electron chi connectivity index (χ0n) is 13.6. The summed E-state index contributed by atoms with van der Waals surface area (Å²) >= 11 is 0. The van der Waals surface area contributed by atoms with Crippen molar-refractivity contribution in [1.82, 2.24) is 0 Å². The molecule has 0 aromatic rings. The van der Waals surface area contributed by atoms with E-state index in [-0.39, 0.29) is 35.0 Å². The van der Waals surface area contributed by atoms with Crippen LogP contribution < -0.4 is 34.8 Å². The monoisotopic (exact) mass is 390 g/mol. The Balaban J connectivity index is -0.000000338. The predicted molar refractivity (Wildman–Crippen MR) is 69.2 cm³/mol. The predicted octanol–water partition coefficient (Wildman–Crippen LogP) is -3.19. The molecule has 0 saturated carbocycles. The number of hydrogen-bond donors (Lipinski definition) is 2. The summed E-state index contributed by atoms with van der Waals surface area (Å²) in [5, 5.41) is 9.91. The van der Waals surface area contributed by atoms with E-state index in [0.29, 0.717) is 6.42 Å². The molecule has 0 aromatic carbocycles. The molecule has 134 valence electrons. The first-order valence-electron chi connectivity index (χ1n) is 5.56. The van der Waals surface area contributed by atoms with Crippen molar-refractivity contribution in [2.24, 2.45) is 10.8 Å². The molecule has 0 atom stereocenters. The average molecular weight is 390 g/mol. The maximum Gasteiger partial charge on any atom is 1.00 e. The van der Waals surface area contributed by atoms with Gasteiger partial charge < -0.3 is 10.1 Å². The molecule has 0 fully saturated rings. The van der Waals surface area contributed by atoms with Gasteiger partial charge in [0.05, 0.1) is 5.41 Å². The van der Waals surface area contributed by atoms with Crippen molar-refractivity contribution in [3.8, 4) is 0 Å². The summed E-state index contributed by atoms with van der Waals surface area (Å²) < 4.78 is 58.9. The number of hydrogen-bond acceptors (Lipinski definition) is 9. The van der Waals surface area contributed by atoms with Crippen LogP contribution in [0.3, 0.4) is 0 Å². The second-order valence-corrected chi connectivity index (χ2v) is 7.97. The molecule has 23 heavy (non-hydrogen) atoms. The van der Waals surface area contributed by atoms with Gasteiger partial charge in [0.1, 0.15) is 0 Å². The zero-order valence-corrected chi connectivity index (χ0v) is 17.2. The van der Waals surface area contributed by atoms with Crippen LogP contribution in [0.2, 0.25) is 0 Å². The summed E-state index contributed by atoms with van der Waals surface area (Å²) in [4.78, 5) is 14.4. The molecule has 0 aromatic heterocycles. The molecule has 0 spiro atoms. The Morgan fingerprint density at radius 1 is 0.957 bits per heavy atom. The first-order chi connectivity index (χ1) is 9.40. The molecule has 2 N–H and O–H groups in total. The van der Waals surface area contributed by atoms with E-state index in [1.807, 2.05) is 20.8 Å². The molecule has 0 heterocycles. The van der Waals surface area contributed by atoms with E-state index in [4.69, 9.17) is 9.11 Å². The molecule has 0 aliphatic carbocycles. The standard InChI is InChI=1S/C9H18O3.Na.H2O8S2/c1-8(2,3)6-9(4,5)7(10)12-11;;1-9(2,3)7-8-10(4,5)6/h11H,6H2,1-5H3;;(H,1,2,3)(H,4,5,6)/q;+1;/p-1. The third kappa shape index (κ3) is 20.1. The average Bonchev–Trinajstić information content (AvgIpc) is 2.21. The van der Waals surface area contributed by atoms with Crippen molar-refractivity contribution in [3.05, 3.63) is 0 Å². The second kappa shape index (κ2) is 10.2. The van der Waals surface area contributed by atoms with Crippen molar-refractivity contribution in [2.45, 2.75) is 41.0 Å². The van der Waals surface area contributed by atoms with Crippen LogP contribution in [0.5, 0.6) is 0 Å². The van der Waals surface area contributed by atoms with Gasteiger partial charge >= 0.3 is 56.3 Å². The van der Waals surface area contributed by atoms with Crippen molar-refractivity contribution < 1.29 is 79.1 Å². The van der Waals surface area contributed by atoms with Gasteiger partial charge in [0.15, 0.2) is 0 Å². The fraction of sp³-hybridized carbons (Fsp3) is 0.889. The van der Waals surface area contributed by atoms with Gasteiger partial charge in [-0.15, -0.1) is 0 Å². The Labute approximate surface area is 157 Å². The maximum atomic E-state index is 11.0. The van der Waals surface area contributed by atoms with Crippen LogP contribution in [0.15, 0.2) is 0 Å². The largest absolute Gasteiger partial charge is 1.00 e. The molecule has 0 unspecified atom stereocenters. The summed E-state index contributed by atoms with van der Waals surface area (Å²) in [5.74, 6) is -0.683. The van der Waals surface area contributed by atoms with Gasteiger partial charge in [-0.1, -0.05) is 29.4 Å². The van der Waals surface area contributed by atoms with Gasteiger partial charge in [-0.25, -0.2) is 0 Å². The van der Waals surface area contributed by atoms with E-state index in [1.165, 1.54) is 0 Å². The minimum atomic E-state index is -5.02. The van der Waals surface area contributed by atoms with Crippen LogP contribution in [0.4, 0.5) is 0 Å². The fourth-order valence-electron chi connectivity index (χ4n) is 1.58. The summed E-state index contributed by atoms with van der Waals surface area (Å²) in [6.07, 6.45) is 0.640. The van der Waals surface area contributed by atoms with E-state index in [0.717, 1.165) is 0 Å². The minimum absolute atomic E-state index is 0. The number of carbonyl (C=O) groups is 1. The third-order valence-corrected chi connectivity index (χ3v) is 2.37. The summed E-state index contributed by atoms with van der Waals surface area (Å²) in [6.45, 7) is 9.50. The SMILES string of the molecule is CC(C)(C)CC(C)(C)C(=O)O[O-].O=S(=O)(O)OOS(=O)(=O)O.[Na+]. The van der Waals surface area contributed by atoms with E-state index < -0.39 is 32.2 Å². The molecule has 0 aliphatic heterocycles. The molecule has 0 saturated heterocycles. The topological polar surface area (TPSA) is 177 Å². The van der Waals surface area contributed by atoms with Crippen LogP contribution in [-0.4, -0.2) is 31.9 Å². The minimum Gasteiger partial charge on any atom is -0.662 e. The Bertz CT molecular complexity index is 527. The van der Waals surface area contributed by atoms with E-state index in [9.17, 15) is 26.9 Å². The molecule has 0 amide bonds. The second-order valence-electron chi connectivity index (χ2n) is 5.98.